The minimum absolute atomic E-state index is 0.0605. The molecular formula is C18H16BrN3O2. The fourth-order valence-corrected chi connectivity index (χ4v) is 2.94. The number of benzene rings is 2. The van der Waals surface area contributed by atoms with Crippen molar-refractivity contribution in [3.63, 3.8) is 0 Å². The van der Waals surface area contributed by atoms with Gasteiger partial charge in [0.2, 0.25) is 5.91 Å². The highest BCUT2D eigenvalue weighted by atomic mass is 79.9. The topological polar surface area (TPSA) is 64.0 Å². The number of para-hydroxylation sites is 1. The SMILES string of the molecule is CC(NC(=O)Cn1cnc2ccccc2c1=O)c1cccc(Br)c1. The number of carbonyl (C=O) groups is 1. The third kappa shape index (κ3) is 3.54. The van der Waals surface area contributed by atoms with E-state index in [1.165, 1.54) is 10.9 Å². The molecule has 6 heteroatoms. The Balaban J connectivity index is 1.75. The Morgan fingerprint density at radius 3 is 2.83 bits per heavy atom. The van der Waals surface area contributed by atoms with Gasteiger partial charge in [-0.25, -0.2) is 4.98 Å². The molecule has 24 heavy (non-hydrogen) atoms. The molecule has 1 heterocycles. The van der Waals surface area contributed by atoms with Crippen LogP contribution < -0.4 is 10.9 Å². The monoisotopic (exact) mass is 385 g/mol. The summed E-state index contributed by atoms with van der Waals surface area (Å²) in [6.07, 6.45) is 1.41. The summed E-state index contributed by atoms with van der Waals surface area (Å²) < 4.78 is 2.28. The molecular weight excluding hydrogens is 370 g/mol. The molecule has 0 aliphatic rings. The maximum Gasteiger partial charge on any atom is 0.261 e. The minimum atomic E-state index is -0.235. The highest BCUT2D eigenvalue weighted by Gasteiger charge is 2.12. The van der Waals surface area contributed by atoms with Gasteiger partial charge < -0.3 is 5.32 Å². The first kappa shape index (κ1) is 16.4. The minimum Gasteiger partial charge on any atom is -0.348 e. The molecule has 5 nitrogen and oxygen atoms in total. The highest BCUT2D eigenvalue weighted by Crippen LogP contribution is 2.17. The zero-order valence-corrected chi connectivity index (χ0v) is 14.7. The lowest BCUT2D eigenvalue weighted by atomic mass is 10.1. The van der Waals surface area contributed by atoms with Crippen LogP contribution in [0.25, 0.3) is 10.9 Å². The number of hydrogen-bond acceptors (Lipinski definition) is 3. The molecule has 0 aliphatic carbocycles. The van der Waals surface area contributed by atoms with Gasteiger partial charge in [0, 0.05) is 4.47 Å². The number of carbonyl (C=O) groups excluding carboxylic acids is 1. The van der Waals surface area contributed by atoms with Gasteiger partial charge in [0.15, 0.2) is 0 Å². The van der Waals surface area contributed by atoms with Crippen LogP contribution in [0.15, 0.2) is 64.1 Å². The Morgan fingerprint density at radius 1 is 1.25 bits per heavy atom. The number of halogens is 1. The average Bonchev–Trinajstić information content (AvgIpc) is 2.57. The van der Waals surface area contributed by atoms with Crippen molar-refractivity contribution >= 4 is 32.7 Å². The van der Waals surface area contributed by atoms with E-state index in [1.54, 1.807) is 18.2 Å². The van der Waals surface area contributed by atoms with Gasteiger partial charge in [0.05, 0.1) is 23.3 Å². The molecule has 1 amide bonds. The van der Waals surface area contributed by atoms with Gasteiger partial charge in [-0.05, 0) is 36.8 Å². The number of nitrogens with zero attached hydrogens (tertiary/aromatic N) is 2. The zero-order chi connectivity index (χ0) is 17.1. The number of aromatic nitrogens is 2. The van der Waals surface area contributed by atoms with Crippen LogP contribution in [-0.2, 0) is 11.3 Å². The lowest BCUT2D eigenvalue weighted by molar-refractivity contribution is -0.122. The van der Waals surface area contributed by atoms with Crippen LogP contribution in [0.2, 0.25) is 0 Å². The van der Waals surface area contributed by atoms with E-state index in [2.05, 4.69) is 26.2 Å². The number of hydrogen-bond donors (Lipinski definition) is 1. The second kappa shape index (κ2) is 6.97. The Labute approximate surface area is 147 Å². The molecule has 2 aromatic carbocycles. The van der Waals surface area contributed by atoms with E-state index >= 15 is 0 Å². The molecule has 0 saturated heterocycles. The molecule has 0 aliphatic heterocycles. The first-order valence-corrected chi connectivity index (χ1v) is 8.33. The molecule has 1 aromatic heterocycles. The first-order chi connectivity index (χ1) is 11.5. The number of amides is 1. The number of fused-ring (bicyclic) bond motifs is 1. The van der Waals surface area contributed by atoms with Crippen molar-refractivity contribution in [3.8, 4) is 0 Å². The van der Waals surface area contributed by atoms with Gasteiger partial charge in [-0.1, -0.05) is 40.2 Å². The molecule has 122 valence electrons. The zero-order valence-electron chi connectivity index (χ0n) is 13.1. The summed E-state index contributed by atoms with van der Waals surface area (Å²) in [7, 11) is 0. The number of rotatable bonds is 4. The number of nitrogens with one attached hydrogen (secondary N) is 1. The lowest BCUT2D eigenvalue weighted by Crippen LogP contribution is -2.34. The second-order valence-electron chi connectivity index (χ2n) is 5.54. The van der Waals surface area contributed by atoms with Gasteiger partial charge in [-0.3, -0.25) is 14.2 Å². The lowest BCUT2D eigenvalue weighted by Gasteiger charge is -2.15. The molecule has 3 aromatic rings. The summed E-state index contributed by atoms with van der Waals surface area (Å²) in [5, 5.41) is 3.41. The van der Waals surface area contributed by atoms with Crippen molar-refractivity contribution in [1.82, 2.24) is 14.9 Å². The molecule has 0 bridgehead atoms. The Morgan fingerprint density at radius 2 is 2.04 bits per heavy atom. The van der Waals surface area contributed by atoms with Gasteiger partial charge in [-0.15, -0.1) is 0 Å². The van der Waals surface area contributed by atoms with E-state index in [9.17, 15) is 9.59 Å². The maximum atomic E-state index is 12.4. The summed E-state index contributed by atoms with van der Waals surface area (Å²) in [4.78, 5) is 28.9. The van der Waals surface area contributed by atoms with Crippen LogP contribution in [0.1, 0.15) is 18.5 Å². The largest absolute Gasteiger partial charge is 0.348 e. The molecule has 1 N–H and O–H groups in total. The van der Waals surface area contributed by atoms with Crippen LogP contribution >= 0.6 is 15.9 Å². The molecule has 0 saturated carbocycles. The Kier molecular flexibility index (Phi) is 4.76. The molecule has 0 fully saturated rings. The van der Waals surface area contributed by atoms with Crippen molar-refractivity contribution in [2.24, 2.45) is 0 Å². The van der Waals surface area contributed by atoms with Crippen molar-refractivity contribution in [3.05, 3.63) is 75.2 Å². The highest BCUT2D eigenvalue weighted by molar-refractivity contribution is 9.10. The summed E-state index contributed by atoms with van der Waals surface area (Å²) in [5.41, 5.74) is 1.40. The normalized spacial score (nSPS) is 12.1. The van der Waals surface area contributed by atoms with Crippen LogP contribution in [-0.4, -0.2) is 15.5 Å². The third-order valence-electron chi connectivity index (χ3n) is 3.77. The van der Waals surface area contributed by atoms with Crippen LogP contribution in [0, 0.1) is 0 Å². The van der Waals surface area contributed by atoms with E-state index in [4.69, 9.17) is 0 Å². The van der Waals surface area contributed by atoms with Crippen molar-refractivity contribution < 1.29 is 4.79 Å². The Hall–Kier alpha value is -2.47. The fraction of sp³-hybridized carbons (Fsp3) is 0.167. The van der Waals surface area contributed by atoms with Crippen LogP contribution in [0.4, 0.5) is 0 Å². The molecule has 1 unspecified atom stereocenters. The smallest absolute Gasteiger partial charge is 0.261 e. The predicted octanol–water partition coefficient (Wildman–Crippen LogP) is 3.04. The molecule has 0 radical (unpaired) electrons. The maximum absolute atomic E-state index is 12.4. The predicted molar refractivity (Wildman–Crippen MR) is 96.7 cm³/mol. The second-order valence-corrected chi connectivity index (χ2v) is 6.45. The van der Waals surface area contributed by atoms with Crippen LogP contribution in [0.3, 0.4) is 0 Å². The van der Waals surface area contributed by atoms with Gasteiger partial charge in [0.1, 0.15) is 6.54 Å². The molecule has 1 atom stereocenters. The summed E-state index contributed by atoms with van der Waals surface area (Å²) in [5.74, 6) is -0.235. The molecule has 0 spiro atoms. The van der Waals surface area contributed by atoms with E-state index in [0.29, 0.717) is 10.9 Å². The third-order valence-corrected chi connectivity index (χ3v) is 4.26. The van der Waals surface area contributed by atoms with E-state index < -0.39 is 0 Å². The van der Waals surface area contributed by atoms with E-state index in [-0.39, 0.29) is 24.1 Å². The fourth-order valence-electron chi connectivity index (χ4n) is 2.52. The van der Waals surface area contributed by atoms with E-state index in [0.717, 1.165) is 10.0 Å². The van der Waals surface area contributed by atoms with Crippen LogP contribution in [0.5, 0.6) is 0 Å². The standard InChI is InChI=1S/C18H16BrN3O2/c1-12(13-5-4-6-14(19)9-13)21-17(23)10-22-11-20-16-8-3-2-7-15(16)18(22)24/h2-9,11-12H,10H2,1H3,(H,21,23). The quantitative estimate of drug-likeness (QED) is 0.750. The van der Waals surface area contributed by atoms with Crippen molar-refractivity contribution in [2.45, 2.75) is 19.5 Å². The summed E-state index contributed by atoms with van der Waals surface area (Å²) >= 11 is 3.42. The van der Waals surface area contributed by atoms with Crippen molar-refractivity contribution in [1.29, 1.82) is 0 Å². The Bertz CT molecular complexity index is 952. The molecule has 3 rings (SSSR count). The summed E-state index contributed by atoms with van der Waals surface area (Å²) in [6, 6.07) is 14.7. The summed E-state index contributed by atoms with van der Waals surface area (Å²) in [6.45, 7) is 1.84. The first-order valence-electron chi connectivity index (χ1n) is 7.53. The van der Waals surface area contributed by atoms with Gasteiger partial charge in [-0.2, -0.15) is 0 Å². The van der Waals surface area contributed by atoms with E-state index in [1.807, 2.05) is 37.3 Å². The van der Waals surface area contributed by atoms with Gasteiger partial charge in [0.25, 0.3) is 5.56 Å². The van der Waals surface area contributed by atoms with Crippen molar-refractivity contribution in [2.75, 3.05) is 0 Å². The van der Waals surface area contributed by atoms with Gasteiger partial charge >= 0.3 is 0 Å². The average molecular weight is 386 g/mol.